The number of rotatable bonds is 3. The minimum atomic E-state index is -0.515. The van der Waals surface area contributed by atoms with Crippen LogP contribution in [0, 0.1) is 0 Å². The van der Waals surface area contributed by atoms with Crippen molar-refractivity contribution in [1.29, 1.82) is 0 Å². The zero-order chi connectivity index (χ0) is 18.3. The third kappa shape index (κ3) is 2.67. The fourth-order valence-corrected chi connectivity index (χ4v) is 3.19. The van der Waals surface area contributed by atoms with E-state index in [1.54, 1.807) is 7.05 Å². The molecule has 1 N–H and O–H groups in total. The number of carbonyl (C=O) groups is 1. The number of fused-ring (bicyclic) bond motifs is 2. The predicted octanol–water partition coefficient (Wildman–Crippen LogP) is 1.48. The minimum absolute atomic E-state index is 0.0499. The van der Waals surface area contributed by atoms with Gasteiger partial charge >= 0.3 is 0 Å². The van der Waals surface area contributed by atoms with E-state index in [4.69, 9.17) is 4.74 Å². The smallest absolute Gasteiger partial charge is 0.270 e. The number of hydrogen-bond donors (Lipinski definition) is 1. The molecule has 0 bridgehead atoms. The molecular weight excluding hydrogens is 334 g/mol. The second-order valence-electron chi connectivity index (χ2n) is 6.30. The number of carbonyl (C=O) groups excluding carboxylic acids is 1. The Balaban J connectivity index is 1.55. The van der Waals surface area contributed by atoms with Gasteiger partial charge in [-0.3, -0.25) is 14.0 Å². The van der Waals surface area contributed by atoms with Gasteiger partial charge in [0.2, 0.25) is 0 Å². The standard InChI is InChI=1S/C19H17N3O4/c1-21(11-13-9-12-5-2-3-7-16(12)26-13)18(24)14-10-20-17-15(23)6-4-8-22(17)19(14)25/h2-8,10,13,23H,9,11H2,1H3. The number of para-hydroxylation sites is 1. The SMILES string of the molecule is CN(CC1Cc2ccccc2O1)C(=O)c1cnc2c(O)cccn2c1=O. The lowest BCUT2D eigenvalue weighted by Crippen LogP contribution is -2.39. The number of amides is 1. The largest absolute Gasteiger partial charge is 0.504 e. The van der Waals surface area contributed by atoms with E-state index in [1.807, 2.05) is 24.3 Å². The van der Waals surface area contributed by atoms with Crippen LogP contribution in [0.4, 0.5) is 0 Å². The highest BCUT2D eigenvalue weighted by molar-refractivity contribution is 5.93. The Hall–Kier alpha value is -3.35. The molecule has 26 heavy (non-hydrogen) atoms. The molecule has 1 atom stereocenters. The van der Waals surface area contributed by atoms with E-state index >= 15 is 0 Å². The van der Waals surface area contributed by atoms with E-state index in [2.05, 4.69) is 4.98 Å². The topological polar surface area (TPSA) is 84.1 Å². The van der Waals surface area contributed by atoms with Crippen molar-refractivity contribution in [3.05, 3.63) is 70.3 Å². The van der Waals surface area contributed by atoms with E-state index < -0.39 is 11.5 Å². The van der Waals surface area contributed by atoms with Gasteiger partial charge in [-0.05, 0) is 23.8 Å². The molecule has 7 nitrogen and oxygen atoms in total. The van der Waals surface area contributed by atoms with Crippen LogP contribution in [-0.2, 0) is 6.42 Å². The molecular formula is C19H17N3O4. The van der Waals surface area contributed by atoms with Crippen LogP contribution >= 0.6 is 0 Å². The molecule has 1 amide bonds. The van der Waals surface area contributed by atoms with Crippen molar-refractivity contribution in [1.82, 2.24) is 14.3 Å². The Kier molecular flexibility index (Phi) is 3.84. The van der Waals surface area contributed by atoms with Crippen LogP contribution in [0.2, 0.25) is 0 Å². The Labute approximate surface area is 149 Å². The van der Waals surface area contributed by atoms with Gasteiger partial charge in [0.15, 0.2) is 11.4 Å². The summed E-state index contributed by atoms with van der Waals surface area (Å²) in [6, 6.07) is 10.7. The molecule has 0 aliphatic carbocycles. The number of ether oxygens (including phenoxy) is 1. The Morgan fingerprint density at radius 3 is 2.96 bits per heavy atom. The van der Waals surface area contributed by atoms with Crippen LogP contribution in [0.25, 0.3) is 5.65 Å². The lowest BCUT2D eigenvalue weighted by atomic mass is 10.1. The molecule has 3 heterocycles. The molecule has 2 aromatic heterocycles. The summed E-state index contributed by atoms with van der Waals surface area (Å²) in [5, 5.41) is 9.78. The zero-order valence-electron chi connectivity index (χ0n) is 14.1. The molecule has 3 aromatic rings. The third-order valence-electron chi connectivity index (χ3n) is 4.48. The van der Waals surface area contributed by atoms with Gasteiger partial charge < -0.3 is 14.7 Å². The fourth-order valence-electron chi connectivity index (χ4n) is 3.19. The molecule has 0 saturated heterocycles. The Bertz CT molecular complexity index is 1040. The number of aromatic hydroxyl groups is 1. The molecule has 1 aliphatic heterocycles. The summed E-state index contributed by atoms with van der Waals surface area (Å²) in [7, 11) is 1.63. The van der Waals surface area contributed by atoms with Crippen LogP contribution in [0.5, 0.6) is 11.5 Å². The first kappa shape index (κ1) is 16.1. The van der Waals surface area contributed by atoms with Crippen LogP contribution in [0.15, 0.2) is 53.6 Å². The van der Waals surface area contributed by atoms with Gasteiger partial charge in [0, 0.05) is 25.9 Å². The lowest BCUT2D eigenvalue weighted by Gasteiger charge is -2.21. The van der Waals surface area contributed by atoms with E-state index in [9.17, 15) is 14.7 Å². The normalized spacial score (nSPS) is 15.5. The van der Waals surface area contributed by atoms with Crippen molar-refractivity contribution in [3.8, 4) is 11.5 Å². The van der Waals surface area contributed by atoms with Gasteiger partial charge in [0.1, 0.15) is 17.4 Å². The summed E-state index contributed by atoms with van der Waals surface area (Å²) >= 11 is 0. The van der Waals surface area contributed by atoms with Gasteiger partial charge in [0.25, 0.3) is 11.5 Å². The summed E-state index contributed by atoms with van der Waals surface area (Å²) in [6.07, 6.45) is 3.25. The maximum Gasteiger partial charge on any atom is 0.270 e. The molecule has 1 aliphatic rings. The van der Waals surface area contributed by atoms with Crippen LogP contribution < -0.4 is 10.3 Å². The van der Waals surface area contributed by atoms with Gasteiger partial charge in [0.05, 0.1) is 6.54 Å². The maximum absolute atomic E-state index is 12.7. The fraction of sp³-hybridized carbons (Fsp3) is 0.211. The number of nitrogens with zero attached hydrogens (tertiary/aromatic N) is 3. The number of pyridine rings is 1. The Morgan fingerprint density at radius 1 is 1.35 bits per heavy atom. The highest BCUT2D eigenvalue weighted by Gasteiger charge is 2.26. The average Bonchev–Trinajstić information content (AvgIpc) is 3.04. The van der Waals surface area contributed by atoms with Gasteiger partial charge in [-0.25, -0.2) is 4.98 Å². The molecule has 0 spiro atoms. The first-order valence-corrected chi connectivity index (χ1v) is 8.24. The minimum Gasteiger partial charge on any atom is -0.504 e. The second-order valence-corrected chi connectivity index (χ2v) is 6.30. The zero-order valence-corrected chi connectivity index (χ0v) is 14.1. The number of hydrogen-bond acceptors (Lipinski definition) is 5. The predicted molar refractivity (Wildman–Crippen MR) is 94.6 cm³/mol. The first-order chi connectivity index (χ1) is 12.5. The summed E-state index contributed by atoms with van der Waals surface area (Å²) in [4.78, 5) is 30.8. The van der Waals surface area contributed by atoms with Gasteiger partial charge in [-0.2, -0.15) is 0 Å². The Morgan fingerprint density at radius 2 is 2.15 bits per heavy atom. The van der Waals surface area contributed by atoms with E-state index in [0.717, 1.165) is 17.7 Å². The lowest BCUT2D eigenvalue weighted by molar-refractivity contribution is 0.0728. The summed E-state index contributed by atoms with van der Waals surface area (Å²) in [5.41, 5.74) is 0.664. The van der Waals surface area contributed by atoms with E-state index in [1.165, 1.54) is 33.8 Å². The number of likely N-dealkylation sites (N-methyl/N-ethyl adjacent to an activating group) is 1. The van der Waals surface area contributed by atoms with Crippen LogP contribution in [0.3, 0.4) is 0 Å². The third-order valence-corrected chi connectivity index (χ3v) is 4.48. The summed E-state index contributed by atoms with van der Waals surface area (Å²) in [5.74, 6) is 0.287. The number of benzene rings is 1. The van der Waals surface area contributed by atoms with Gasteiger partial charge in [-0.1, -0.05) is 18.2 Å². The van der Waals surface area contributed by atoms with Crippen molar-refractivity contribution in [3.63, 3.8) is 0 Å². The van der Waals surface area contributed by atoms with Crippen molar-refractivity contribution in [2.45, 2.75) is 12.5 Å². The summed E-state index contributed by atoms with van der Waals surface area (Å²) < 4.78 is 7.02. The van der Waals surface area contributed by atoms with E-state index in [-0.39, 0.29) is 23.1 Å². The monoisotopic (exact) mass is 351 g/mol. The first-order valence-electron chi connectivity index (χ1n) is 8.24. The quantitative estimate of drug-likeness (QED) is 0.773. The molecule has 1 unspecified atom stereocenters. The van der Waals surface area contributed by atoms with Crippen LogP contribution in [-0.4, -0.2) is 45.0 Å². The second kappa shape index (κ2) is 6.18. The van der Waals surface area contributed by atoms with Gasteiger partial charge in [-0.15, -0.1) is 0 Å². The highest BCUT2D eigenvalue weighted by atomic mass is 16.5. The van der Waals surface area contributed by atoms with E-state index in [0.29, 0.717) is 6.54 Å². The molecule has 0 fully saturated rings. The van der Waals surface area contributed by atoms with Crippen molar-refractivity contribution in [2.75, 3.05) is 13.6 Å². The molecule has 0 saturated carbocycles. The van der Waals surface area contributed by atoms with Crippen molar-refractivity contribution in [2.24, 2.45) is 0 Å². The molecule has 132 valence electrons. The maximum atomic E-state index is 12.7. The highest BCUT2D eigenvalue weighted by Crippen LogP contribution is 2.28. The summed E-state index contributed by atoms with van der Waals surface area (Å²) in [6.45, 7) is 0.357. The van der Waals surface area contributed by atoms with Crippen molar-refractivity contribution >= 4 is 11.6 Å². The number of aromatic nitrogens is 2. The van der Waals surface area contributed by atoms with Crippen molar-refractivity contribution < 1.29 is 14.6 Å². The molecule has 0 radical (unpaired) electrons. The molecule has 7 heteroatoms. The average molecular weight is 351 g/mol. The molecule has 4 rings (SSSR count). The van der Waals surface area contributed by atoms with Crippen LogP contribution in [0.1, 0.15) is 15.9 Å². The molecule has 1 aromatic carbocycles.